The van der Waals surface area contributed by atoms with E-state index < -0.39 is 5.97 Å². The third-order valence-corrected chi connectivity index (χ3v) is 5.79. The summed E-state index contributed by atoms with van der Waals surface area (Å²) in [5.74, 6) is -0.665. The largest absolute Gasteiger partial charge is 0.482 e. The van der Waals surface area contributed by atoms with Crippen LogP contribution < -0.4 is 9.64 Å². The summed E-state index contributed by atoms with van der Waals surface area (Å²) in [6.07, 6.45) is 0. The van der Waals surface area contributed by atoms with E-state index in [1.54, 1.807) is 55.6 Å². The molecule has 14 heteroatoms. The van der Waals surface area contributed by atoms with E-state index >= 15 is 0 Å². The Morgan fingerprint density at radius 2 is 1.10 bits per heavy atom. The third-order valence-electron chi connectivity index (χ3n) is 5.79. The van der Waals surface area contributed by atoms with Gasteiger partial charge in [-0.25, -0.2) is 14.4 Å². The number of ether oxygens (including phenoxy) is 7. The first kappa shape index (κ1) is 43.7. The smallest absolute Gasteiger partial charge is 0.343 e. The maximum Gasteiger partial charge on any atom is 0.343 e. The molecule has 48 heavy (non-hydrogen) atoms. The second kappa shape index (κ2) is 27.8. The summed E-state index contributed by atoms with van der Waals surface area (Å²) in [7, 11) is 15.8. The Morgan fingerprint density at radius 3 is 1.62 bits per heavy atom. The van der Waals surface area contributed by atoms with Crippen molar-refractivity contribution in [3.8, 4) is 5.75 Å². The number of esters is 3. The molecule has 0 N–H and O–H groups in total. The Balaban J connectivity index is 0.000000698. The van der Waals surface area contributed by atoms with E-state index in [-0.39, 0.29) is 30.9 Å². The van der Waals surface area contributed by atoms with Gasteiger partial charge in [0.05, 0.1) is 60.9 Å². The van der Waals surface area contributed by atoms with Crippen LogP contribution in [0.1, 0.15) is 26.3 Å². The van der Waals surface area contributed by atoms with Gasteiger partial charge in [-0.15, -0.1) is 0 Å². The van der Waals surface area contributed by atoms with Crippen molar-refractivity contribution >= 4 is 46.1 Å². The number of methoxy groups -OCH3 is 4. The van der Waals surface area contributed by atoms with Crippen LogP contribution in [0.25, 0.3) is 0 Å². The van der Waals surface area contributed by atoms with E-state index in [0.717, 1.165) is 5.69 Å². The average Bonchev–Trinajstić information content (AvgIpc) is 3.14. The van der Waals surface area contributed by atoms with Crippen molar-refractivity contribution in [1.82, 2.24) is 0 Å². The molecule has 0 aliphatic heterocycles. The highest BCUT2D eigenvalue weighted by Gasteiger charge is 2.09. The monoisotopic (exact) mass is 685 g/mol. The second-order valence-corrected chi connectivity index (χ2v) is 9.25. The predicted octanol–water partition coefficient (Wildman–Crippen LogP) is 3.79. The molecule has 0 bridgehead atoms. The van der Waals surface area contributed by atoms with Crippen LogP contribution >= 0.6 is 9.12 Å². The number of ketones is 1. The van der Waals surface area contributed by atoms with Crippen molar-refractivity contribution in [2.24, 2.45) is 0 Å². The third kappa shape index (κ3) is 19.4. The first-order chi connectivity index (χ1) is 23.2. The Bertz CT molecular complexity index is 1310. The van der Waals surface area contributed by atoms with Gasteiger partial charge in [-0.3, -0.25) is 4.79 Å². The molecule has 3 rings (SSSR count). The van der Waals surface area contributed by atoms with E-state index in [1.165, 1.54) is 21.3 Å². The molecule has 0 heterocycles. The number of benzene rings is 3. The number of nitrogens with zero attached hydrogens (tertiary/aromatic N) is 1. The lowest BCUT2D eigenvalue weighted by atomic mass is 10.0. The number of rotatable bonds is 15. The minimum Gasteiger partial charge on any atom is -0.482 e. The van der Waals surface area contributed by atoms with Crippen molar-refractivity contribution < 1.29 is 52.3 Å². The summed E-state index contributed by atoms with van der Waals surface area (Å²) in [6, 6.07) is 22.9. The van der Waals surface area contributed by atoms with Crippen molar-refractivity contribution in [3.63, 3.8) is 0 Å². The zero-order valence-corrected chi connectivity index (χ0v) is 29.5. The lowest BCUT2D eigenvalue weighted by molar-refractivity contribution is -0.146. The van der Waals surface area contributed by atoms with Gasteiger partial charge in [0.15, 0.2) is 12.4 Å². The SMILES string of the molecule is COC(=O)COc1ccc(C(=O)c2ccccc2)cc1.COC(=O)c1ccc(N(C)C)cc1.COCCOCCOCC(=O)OC.[B]P. The quantitative estimate of drug-likeness (QED) is 0.0575. The van der Waals surface area contributed by atoms with Gasteiger partial charge in [0.1, 0.15) is 12.4 Å². The summed E-state index contributed by atoms with van der Waals surface area (Å²) in [6.45, 7) is 1.78. The van der Waals surface area contributed by atoms with Crippen LogP contribution in [0.15, 0.2) is 78.9 Å². The molecule has 0 saturated heterocycles. The summed E-state index contributed by atoms with van der Waals surface area (Å²) in [4.78, 5) is 46.7. The molecule has 3 aromatic rings. The van der Waals surface area contributed by atoms with Crippen LogP contribution in [0.2, 0.25) is 0 Å². The van der Waals surface area contributed by atoms with E-state index in [9.17, 15) is 19.2 Å². The fraction of sp³-hybridized carbons (Fsp3) is 0.353. The highest BCUT2D eigenvalue weighted by Crippen LogP contribution is 2.16. The average molecular weight is 686 g/mol. The maximum absolute atomic E-state index is 12.2. The fourth-order valence-electron chi connectivity index (χ4n) is 3.25. The maximum atomic E-state index is 12.2. The molecule has 0 saturated carbocycles. The molecule has 3 aromatic carbocycles. The van der Waals surface area contributed by atoms with Crippen molar-refractivity contribution in [2.45, 2.75) is 0 Å². The van der Waals surface area contributed by atoms with Gasteiger partial charge >= 0.3 is 17.9 Å². The van der Waals surface area contributed by atoms with E-state index in [0.29, 0.717) is 48.9 Å². The van der Waals surface area contributed by atoms with E-state index in [1.807, 2.05) is 58.4 Å². The van der Waals surface area contributed by atoms with Gasteiger partial charge in [-0.1, -0.05) is 30.3 Å². The van der Waals surface area contributed by atoms with Crippen molar-refractivity contribution in [2.75, 3.05) is 87.1 Å². The Kier molecular flexibility index (Phi) is 25.3. The molecule has 0 aromatic heterocycles. The van der Waals surface area contributed by atoms with Crippen LogP contribution in [-0.4, -0.2) is 113 Å². The molecular formula is C34H45BNO11P. The van der Waals surface area contributed by atoms with Gasteiger partial charge in [0, 0.05) is 38.0 Å². The van der Waals surface area contributed by atoms with Gasteiger partial charge in [-0.05, 0) is 48.5 Å². The van der Waals surface area contributed by atoms with Crippen LogP contribution in [0.4, 0.5) is 5.69 Å². The lowest BCUT2D eigenvalue weighted by Gasteiger charge is -2.11. The Morgan fingerprint density at radius 1 is 0.604 bits per heavy atom. The van der Waals surface area contributed by atoms with Crippen LogP contribution in [-0.2, 0) is 38.0 Å². The fourth-order valence-corrected chi connectivity index (χ4v) is 3.25. The van der Waals surface area contributed by atoms with Crippen LogP contribution in [0.3, 0.4) is 0 Å². The topological polar surface area (TPSA) is 136 Å². The van der Waals surface area contributed by atoms with Crippen molar-refractivity contribution in [1.29, 1.82) is 0 Å². The molecule has 0 aliphatic rings. The minimum atomic E-state index is -0.450. The van der Waals surface area contributed by atoms with E-state index in [4.69, 9.17) is 18.9 Å². The molecule has 0 spiro atoms. The number of anilines is 1. The molecule has 12 nitrogen and oxygen atoms in total. The van der Waals surface area contributed by atoms with Gasteiger partial charge in [-0.2, -0.15) is 9.12 Å². The van der Waals surface area contributed by atoms with E-state index in [2.05, 4.69) is 21.8 Å². The standard InChI is InChI=1S/C16H14O4.C10H13NO2.C8H16O5.BH2P/c1-19-15(17)11-20-14-9-7-13(8-10-14)16(18)12-5-3-2-4-6-12;1-11(2)9-6-4-8(5-7-9)10(12)13-3;1-10-3-4-12-5-6-13-7-8(9)11-2;1-2/h2-10H,11H2,1H3;4-7H,1-3H3;3-7H2,1-2H3;2H2. The molecule has 1 atom stereocenters. The number of hydrogen-bond acceptors (Lipinski definition) is 12. The summed E-state index contributed by atoms with van der Waals surface area (Å²) < 4.78 is 33.4. The molecule has 1 unspecified atom stereocenters. The Labute approximate surface area is 286 Å². The molecule has 0 aliphatic carbocycles. The zero-order chi connectivity index (χ0) is 36.2. The minimum absolute atomic E-state index is 0.0237. The second-order valence-electron chi connectivity index (χ2n) is 9.25. The van der Waals surface area contributed by atoms with Gasteiger partial charge in [0.2, 0.25) is 0 Å². The lowest BCUT2D eigenvalue weighted by Crippen LogP contribution is -2.14. The zero-order valence-electron chi connectivity index (χ0n) is 28.3. The van der Waals surface area contributed by atoms with Gasteiger partial charge < -0.3 is 38.1 Å². The number of carbonyl (C=O) groups excluding carboxylic acids is 4. The summed E-state index contributed by atoms with van der Waals surface area (Å²) in [5, 5.41) is 0. The highest BCUT2D eigenvalue weighted by molar-refractivity contribution is 7.49. The number of hydrogen-bond donors (Lipinski definition) is 0. The molecule has 0 fully saturated rings. The predicted molar refractivity (Wildman–Crippen MR) is 187 cm³/mol. The van der Waals surface area contributed by atoms with Crippen LogP contribution in [0.5, 0.6) is 5.75 Å². The highest BCUT2D eigenvalue weighted by atomic mass is 31.0. The van der Waals surface area contributed by atoms with Crippen molar-refractivity contribution in [3.05, 3.63) is 95.6 Å². The first-order valence-electron chi connectivity index (χ1n) is 14.5. The Hall–Kier alpha value is -4.29. The molecule has 0 amide bonds. The summed E-state index contributed by atoms with van der Waals surface area (Å²) >= 11 is 0. The molecule has 2 radical (unpaired) electrons. The normalized spacial score (nSPS) is 9.48. The molecular weight excluding hydrogens is 640 g/mol. The van der Waals surface area contributed by atoms with Crippen LogP contribution in [0, 0.1) is 0 Å². The first-order valence-corrected chi connectivity index (χ1v) is 15.1. The molecule has 260 valence electrons. The summed E-state index contributed by atoms with van der Waals surface area (Å²) in [5.41, 5.74) is 2.85. The number of carbonyl (C=O) groups is 4. The van der Waals surface area contributed by atoms with Gasteiger partial charge in [0.25, 0.3) is 0 Å².